The molecule has 1 aromatic heterocycles. The zero-order chi connectivity index (χ0) is 7.03. The summed E-state index contributed by atoms with van der Waals surface area (Å²) in [4.78, 5) is 0. The normalized spacial score (nSPS) is 20.9. The van der Waals surface area contributed by atoms with Crippen molar-refractivity contribution in [1.29, 1.82) is 0 Å². The molecule has 0 bridgehead atoms. The van der Waals surface area contributed by atoms with Crippen LogP contribution in [-0.2, 0) is 6.42 Å². The second kappa shape index (κ2) is 2.06. The Labute approximate surface area is 65.8 Å². The maximum absolute atomic E-state index is 5.20. The highest BCUT2D eigenvalue weighted by atomic mass is 32.1. The molecule has 0 N–H and O–H groups in total. The molecule has 1 aliphatic carbocycles. The topological polar surface area (TPSA) is 13.1 Å². The first-order valence-electron chi connectivity index (χ1n) is 3.53. The lowest BCUT2D eigenvalue weighted by molar-refractivity contribution is 0.504. The molecule has 0 aliphatic heterocycles. The highest BCUT2D eigenvalue weighted by molar-refractivity contribution is 7.82. The van der Waals surface area contributed by atoms with E-state index in [1.165, 1.54) is 12.8 Å². The summed E-state index contributed by atoms with van der Waals surface area (Å²) in [5, 5.41) is 0. The van der Waals surface area contributed by atoms with E-state index in [0.717, 1.165) is 12.2 Å². The highest BCUT2D eigenvalue weighted by Gasteiger charge is 2.39. The quantitative estimate of drug-likeness (QED) is 0.645. The lowest BCUT2D eigenvalue weighted by atomic mass is 10.2. The van der Waals surface area contributed by atoms with Crippen LogP contribution >= 0.6 is 12.6 Å². The monoisotopic (exact) mass is 154 g/mol. The van der Waals surface area contributed by atoms with E-state index >= 15 is 0 Å². The van der Waals surface area contributed by atoms with Gasteiger partial charge in [-0.3, -0.25) is 0 Å². The van der Waals surface area contributed by atoms with Gasteiger partial charge >= 0.3 is 0 Å². The van der Waals surface area contributed by atoms with Gasteiger partial charge in [-0.1, -0.05) is 0 Å². The Hall–Kier alpha value is -0.370. The molecule has 1 fully saturated rings. The molecule has 1 aliphatic rings. The number of furan rings is 1. The molecule has 2 heteroatoms. The second-order valence-corrected chi connectivity index (χ2v) is 3.93. The predicted octanol–water partition coefficient (Wildman–Crippen LogP) is 2.28. The molecular formula is C8H10OS. The van der Waals surface area contributed by atoms with Crippen LogP contribution in [-0.4, -0.2) is 4.75 Å². The van der Waals surface area contributed by atoms with Crippen molar-refractivity contribution in [3.63, 3.8) is 0 Å². The molecular weight excluding hydrogens is 144 g/mol. The van der Waals surface area contributed by atoms with Crippen molar-refractivity contribution in [2.75, 3.05) is 0 Å². The number of hydrogen-bond donors (Lipinski definition) is 1. The summed E-state index contributed by atoms with van der Waals surface area (Å²) < 4.78 is 5.48. The van der Waals surface area contributed by atoms with Gasteiger partial charge in [-0.2, -0.15) is 12.6 Å². The zero-order valence-electron chi connectivity index (χ0n) is 5.71. The van der Waals surface area contributed by atoms with E-state index in [0.29, 0.717) is 0 Å². The minimum Gasteiger partial charge on any atom is -0.469 e. The van der Waals surface area contributed by atoms with Gasteiger partial charge in [0.2, 0.25) is 0 Å². The third kappa shape index (κ3) is 1.21. The number of rotatable bonds is 2. The SMILES string of the molecule is SC1(Cc2ccco2)CC1. The van der Waals surface area contributed by atoms with Gasteiger partial charge in [0.25, 0.3) is 0 Å². The largest absolute Gasteiger partial charge is 0.469 e. The fourth-order valence-electron chi connectivity index (χ4n) is 1.06. The van der Waals surface area contributed by atoms with E-state index in [2.05, 4.69) is 12.6 Å². The molecule has 0 radical (unpaired) electrons. The summed E-state index contributed by atoms with van der Waals surface area (Å²) in [5.74, 6) is 1.06. The average Bonchev–Trinajstić information content (AvgIpc) is 2.47. The minimum absolute atomic E-state index is 0.276. The third-order valence-electron chi connectivity index (χ3n) is 1.91. The van der Waals surface area contributed by atoms with Crippen LogP contribution in [0.3, 0.4) is 0 Å². The van der Waals surface area contributed by atoms with Gasteiger partial charge in [0.15, 0.2) is 0 Å². The van der Waals surface area contributed by atoms with Gasteiger partial charge < -0.3 is 4.42 Å². The molecule has 0 saturated heterocycles. The van der Waals surface area contributed by atoms with E-state index in [-0.39, 0.29) is 4.75 Å². The molecule has 0 amide bonds. The highest BCUT2D eigenvalue weighted by Crippen LogP contribution is 2.44. The smallest absolute Gasteiger partial charge is 0.105 e. The van der Waals surface area contributed by atoms with E-state index in [9.17, 15) is 0 Å². The minimum atomic E-state index is 0.276. The lowest BCUT2D eigenvalue weighted by Gasteiger charge is -2.01. The van der Waals surface area contributed by atoms with Crippen LogP contribution < -0.4 is 0 Å². The molecule has 1 saturated carbocycles. The van der Waals surface area contributed by atoms with Crippen molar-refractivity contribution < 1.29 is 4.42 Å². The first-order valence-corrected chi connectivity index (χ1v) is 3.98. The van der Waals surface area contributed by atoms with Gasteiger partial charge in [-0.05, 0) is 25.0 Å². The van der Waals surface area contributed by atoms with Gasteiger partial charge in [0, 0.05) is 11.2 Å². The van der Waals surface area contributed by atoms with Gasteiger partial charge in [-0.25, -0.2) is 0 Å². The molecule has 1 heterocycles. The molecule has 0 aromatic carbocycles. The van der Waals surface area contributed by atoms with Crippen LogP contribution in [0.4, 0.5) is 0 Å². The average molecular weight is 154 g/mol. The summed E-state index contributed by atoms with van der Waals surface area (Å²) in [6, 6.07) is 3.94. The van der Waals surface area contributed by atoms with Crippen LogP contribution in [0.25, 0.3) is 0 Å². The maximum atomic E-state index is 5.20. The molecule has 0 spiro atoms. The molecule has 54 valence electrons. The van der Waals surface area contributed by atoms with Crippen molar-refractivity contribution in [3.05, 3.63) is 24.2 Å². The van der Waals surface area contributed by atoms with Crippen LogP contribution in [0.1, 0.15) is 18.6 Å². The number of thiol groups is 1. The molecule has 2 rings (SSSR count). The van der Waals surface area contributed by atoms with Crippen molar-refractivity contribution >= 4 is 12.6 Å². The standard InChI is InChI=1S/C8H10OS/c10-8(3-4-8)6-7-2-1-5-9-7/h1-2,5,10H,3-4,6H2. The van der Waals surface area contributed by atoms with Crippen LogP contribution in [0.2, 0.25) is 0 Å². The predicted molar refractivity (Wildman–Crippen MR) is 43.4 cm³/mol. The molecule has 1 nitrogen and oxygen atoms in total. The van der Waals surface area contributed by atoms with E-state index in [1.54, 1.807) is 6.26 Å². The van der Waals surface area contributed by atoms with Crippen LogP contribution in [0.15, 0.2) is 22.8 Å². The van der Waals surface area contributed by atoms with Gasteiger partial charge in [0.1, 0.15) is 5.76 Å². The van der Waals surface area contributed by atoms with Gasteiger partial charge in [-0.15, -0.1) is 0 Å². The van der Waals surface area contributed by atoms with Crippen LogP contribution in [0.5, 0.6) is 0 Å². The molecule has 0 atom stereocenters. The summed E-state index contributed by atoms with van der Waals surface area (Å²) in [6.45, 7) is 0. The van der Waals surface area contributed by atoms with E-state index < -0.39 is 0 Å². The summed E-state index contributed by atoms with van der Waals surface area (Å²) in [5.41, 5.74) is 0. The zero-order valence-corrected chi connectivity index (χ0v) is 6.60. The van der Waals surface area contributed by atoms with Gasteiger partial charge in [0.05, 0.1) is 6.26 Å². The van der Waals surface area contributed by atoms with Crippen molar-refractivity contribution in [2.45, 2.75) is 24.0 Å². The van der Waals surface area contributed by atoms with Crippen molar-refractivity contribution in [2.24, 2.45) is 0 Å². The third-order valence-corrected chi connectivity index (χ3v) is 2.52. The number of hydrogen-bond acceptors (Lipinski definition) is 2. The van der Waals surface area contributed by atoms with E-state index in [1.807, 2.05) is 12.1 Å². The summed E-state index contributed by atoms with van der Waals surface area (Å²) in [7, 11) is 0. The molecule has 0 unspecified atom stereocenters. The van der Waals surface area contributed by atoms with Crippen molar-refractivity contribution in [3.8, 4) is 0 Å². The Morgan fingerprint density at radius 3 is 2.90 bits per heavy atom. The lowest BCUT2D eigenvalue weighted by Crippen LogP contribution is -2.00. The molecule has 10 heavy (non-hydrogen) atoms. The van der Waals surface area contributed by atoms with Crippen molar-refractivity contribution in [1.82, 2.24) is 0 Å². The fraction of sp³-hybridized carbons (Fsp3) is 0.500. The Morgan fingerprint density at radius 2 is 2.40 bits per heavy atom. The first kappa shape index (κ1) is 6.35. The Kier molecular flexibility index (Phi) is 1.31. The molecule has 1 aromatic rings. The Balaban J connectivity index is 2.04. The van der Waals surface area contributed by atoms with E-state index in [4.69, 9.17) is 4.42 Å². The maximum Gasteiger partial charge on any atom is 0.105 e. The Morgan fingerprint density at radius 1 is 1.60 bits per heavy atom. The van der Waals surface area contributed by atoms with Crippen LogP contribution in [0, 0.1) is 0 Å². The summed E-state index contributed by atoms with van der Waals surface area (Å²) in [6.07, 6.45) is 5.17. The first-order chi connectivity index (χ1) is 4.79. The fourth-order valence-corrected chi connectivity index (χ4v) is 1.33. The summed E-state index contributed by atoms with van der Waals surface area (Å²) >= 11 is 4.49. The Bertz CT molecular complexity index is 211. The second-order valence-electron chi connectivity index (χ2n) is 2.98.